The Balaban J connectivity index is 3.23. The summed E-state index contributed by atoms with van der Waals surface area (Å²) in [5.74, 6) is -0.552. The van der Waals surface area contributed by atoms with Crippen molar-refractivity contribution in [3.8, 4) is 6.07 Å². The van der Waals surface area contributed by atoms with Crippen molar-refractivity contribution in [2.45, 2.75) is 5.38 Å². The molecule has 0 unspecified atom stereocenters. The molecule has 0 radical (unpaired) electrons. The van der Waals surface area contributed by atoms with E-state index in [1.165, 1.54) is 18.2 Å². The van der Waals surface area contributed by atoms with Gasteiger partial charge in [-0.05, 0) is 12.1 Å². The van der Waals surface area contributed by atoms with Crippen LogP contribution in [0.4, 0.5) is 4.39 Å². The van der Waals surface area contributed by atoms with Gasteiger partial charge in [-0.3, -0.25) is 0 Å². The van der Waals surface area contributed by atoms with Crippen molar-refractivity contribution in [1.29, 1.82) is 5.26 Å². The molecular formula is C8H4Cl2FN. The zero-order valence-corrected chi connectivity index (χ0v) is 7.40. The van der Waals surface area contributed by atoms with Gasteiger partial charge in [0.2, 0.25) is 0 Å². The van der Waals surface area contributed by atoms with Crippen molar-refractivity contribution < 1.29 is 4.39 Å². The Bertz CT molecular complexity index is 312. The van der Waals surface area contributed by atoms with Gasteiger partial charge in [-0.1, -0.05) is 17.7 Å². The summed E-state index contributed by atoms with van der Waals surface area (Å²) in [5.41, 5.74) is 0.0448. The standard InChI is InChI=1S/C8H4Cl2FN/c9-5-2-1-3-7(11)8(5)6(10)4-12/h1-3,6H/t6-/m1/s1. The van der Waals surface area contributed by atoms with Crippen molar-refractivity contribution in [2.75, 3.05) is 0 Å². The van der Waals surface area contributed by atoms with Crippen LogP contribution < -0.4 is 0 Å². The van der Waals surface area contributed by atoms with Gasteiger partial charge >= 0.3 is 0 Å². The number of halogens is 3. The summed E-state index contributed by atoms with van der Waals surface area (Å²) in [7, 11) is 0. The summed E-state index contributed by atoms with van der Waals surface area (Å²) >= 11 is 11.1. The molecule has 12 heavy (non-hydrogen) atoms. The fourth-order valence-electron chi connectivity index (χ4n) is 0.817. The lowest BCUT2D eigenvalue weighted by molar-refractivity contribution is 0.614. The Kier molecular flexibility index (Phi) is 2.91. The number of benzene rings is 1. The molecule has 62 valence electrons. The number of hydrogen-bond acceptors (Lipinski definition) is 1. The minimum absolute atomic E-state index is 0.0448. The molecular weight excluding hydrogens is 200 g/mol. The average Bonchev–Trinajstić information content (AvgIpc) is 2.03. The van der Waals surface area contributed by atoms with Gasteiger partial charge in [0.15, 0.2) is 0 Å². The van der Waals surface area contributed by atoms with Crippen LogP contribution in [0.15, 0.2) is 18.2 Å². The Morgan fingerprint density at radius 2 is 2.17 bits per heavy atom. The molecule has 1 rings (SSSR count). The summed E-state index contributed by atoms with van der Waals surface area (Å²) < 4.78 is 13.0. The molecule has 0 saturated carbocycles. The van der Waals surface area contributed by atoms with E-state index in [1.807, 2.05) is 0 Å². The second kappa shape index (κ2) is 3.75. The van der Waals surface area contributed by atoms with E-state index in [4.69, 9.17) is 28.5 Å². The van der Waals surface area contributed by atoms with Gasteiger partial charge < -0.3 is 0 Å². The Morgan fingerprint density at radius 1 is 1.50 bits per heavy atom. The predicted molar refractivity (Wildman–Crippen MR) is 45.6 cm³/mol. The Morgan fingerprint density at radius 3 is 2.67 bits per heavy atom. The first-order valence-corrected chi connectivity index (χ1v) is 3.96. The average molecular weight is 204 g/mol. The van der Waals surface area contributed by atoms with Gasteiger partial charge in [0.25, 0.3) is 0 Å². The van der Waals surface area contributed by atoms with E-state index in [1.54, 1.807) is 6.07 Å². The van der Waals surface area contributed by atoms with Crippen molar-refractivity contribution >= 4 is 23.2 Å². The zero-order valence-electron chi connectivity index (χ0n) is 5.89. The number of nitrogens with zero attached hydrogens (tertiary/aromatic N) is 1. The second-order valence-corrected chi connectivity index (χ2v) is 2.97. The van der Waals surface area contributed by atoms with Crippen LogP contribution in [0.1, 0.15) is 10.9 Å². The van der Waals surface area contributed by atoms with Crippen LogP contribution >= 0.6 is 23.2 Å². The maximum absolute atomic E-state index is 13.0. The van der Waals surface area contributed by atoms with Crippen LogP contribution in [0.2, 0.25) is 5.02 Å². The molecule has 0 aromatic heterocycles. The van der Waals surface area contributed by atoms with Gasteiger partial charge in [-0.15, -0.1) is 11.6 Å². The number of rotatable bonds is 1. The van der Waals surface area contributed by atoms with Crippen molar-refractivity contribution in [2.24, 2.45) is 0 Å². The minimum atomic E-state index is -1.03. The van der Waals surface area contributed by atoms with Crippen LogP contribution in [0, 0.1) is 17.1 Å². The molecule has 0 bridgehead atoms. The van der Waals surface area contributed by atoms with Crippen LogP contribution in [-0.4, -0.2) is 0 Å². The van der Waals surface area contributed by atoms with Crippen molar-refractivity contribution in [3.63, 3.8) is 0 Å². The van der Waals surface area contributed by atoms with Gasteiger partial charge in [0.1, 0.15) is 11.2 Å². The molecule has 0 saturated heterocycles. The molecule has 1 aromatic carbocycles. The van der Waals surface area contributed by atoms with Crippen LogP contribution in [0.3, 0.4) is 0 Å². The van der Waals surface area contributed by atoms with Gasteiger partial charge in [-0.2, -0.15) is 5.26 Å². The number of nitriles is 1. The van der Waals surface area contributed by atoms with E-state index in [9.17, 15) is 4.39 Å². The predicted octanol–water partition coefficient (Wildman–Crippen LogP) is 3.28. The van der Waals surface area contributed by atoms with Crippen LogP contribution in [-0.2, 0) is 0 Å². The van der Waals surface area contributed by atoms with Gasteiger partial charge in [0, 0.05) is 10.6 Å². The van der Waals surface area contributed by atoms with E-state index in [0.29, 0.717) is 0 Å². The smallest absolute Gasteiger partial charge is 0.149 e. The summed E-state index contributed by atoms with van der Waals surface area (Å²) in [4.78, 5) is 0. The molecule has 0 amide bonds. The SMILES string of the molecule is N#C[C@@H](Cl)c1c(F)cccc1Cl. The maximum atomic E-state index is 13.0. The minimum Gasteiger partial charge on any atom is -0.207 e. The van der Waals surface area contributed by atoms with Crippen molar-refractivity contribution in [1.82, 2.24) is 0 Å². The van der Waals surface area contributed by atoms with Crippen LogP contribution in [0.25, 0.3) is 0 Å². The van der Waals surface area contributed by atoms with E-state index >= 15 is 0 Å². The molecule has 0 aliphatic rings. The third-order valence-electron chi connectivity index (χ3n) is 1.37. The summed E-state index contributed by atoms with van der Waals surface area (Å²) in [6.07, 6.45) is 0. The molecule has 1 nitrogen and oxygen atoms in total. The first-order chi connectivity index (χ1) is 5.66. The molecule has 0 spiro atoms. The molecule has 0 aliphatic carbocycles. The third-order valence-corrected chi connectivity index (χ3v) is 2.01. The van der Waals surface area contributed by atoms with Gasteiger partial charge in [0.05, 0.1) is 6.07 Å². The molecule has 0 aliphatic heterocycles. The lowest BCUT2D eigenvalue weighted by atomic mass is 10.1. The molecule has 0 fully saturated rings. The molecule has 0 N–H and O–H groups in total. The maximum Gasteiger partial charge on any atom is 0.149 e. The van der Waals surface area contributed by atoms with E-state index in [0.717, 1.165) is 0 Å². The highest BCUT2D eigenvalue weighted by molar-refractivity contribution is 6.33. The molecule has 0 heterocycles. The zero-order chi connectivity index (χ0) is 9.14. The number of hydrogen-bond donors (Lipinski definition) is 0. The second-order valence-electron chi connectivity index (χ2n) is 2.13. The first kappa shape index (κ1) is 9.31. The fraction of sp³-hybridized carbons (Fsp3) is 0.125. The summed E-state index contributed by atoms with van der Waals surface area (Å²) in [6.45, 7) is 0. The molecule has 1 aromatic rings. The highest BCUT2D eigenvalue weighted by Gasteiger charge is 2.15. The number of alkyl halides is 1. The summed E-state index contributed by atoms with van der Waals surface area (Å²) in [5, 5.41) is 7.58. The lowest BCUT2D eigenvalue weighted by Crippen LogP contribution is -1.92. The first-order valence-electron chi connectivity index (χ1n) is 3.14. The van der Waals surface area contributed by atoms with E-state index < -0.39 is 11.2 Å². The normalized spacial score (nSPS) is 12.2. The molecule has 1 atom stereocenters. The highest BCUT2D eigenvalue weighted by atomic mass is 35.5. The fourth-order valence-corrected chi connectivity index (χ4v) is 1.37. The largest absolute Gasteiger partial charge is 0.207 e. The van der Waals surface area contributed by atoms with Crippen molar-refractivity contribution in [3.05, 3.63) is 34.6 Å². The van der Waals surface area contributed by atoms with Crippen LogP contribution in [0.5, 0.6) is 0 Å². The quantitative estimate of drug-likeness (QED) is 0.644. The summed E-state index contributed by atoms with van der Waals surface area (Å²) in [6, 6.07) is 5.87. The Labute approximate surface area is 79.3 Å². The van der Waals surface area contributed by atoms with E-state index in [2.05, 4.69) is 0 Å². The highest BCUT2D eigenvalue weighted by Crippen LogP contribution is 2.29. The van der Waals surface area contributed by atoms with Gasteiger partial charge in [-0.25, -0.2) is 4.39 Å². The molecule has 4 heteroatoms. The topological polar surface area (TPSA) is 23.8 Å². The van der Waals surface area contributed by atoms with E-state index in [-0.39, 0.29) is 10.6 Å². The monoisotopic (exact) mass is 203 g/mol. The third kappa shape index (κ3) is 1.69. The lowest BCUT2D eigenvalue weighted by Gasteiger charge is -2.04. The Hall–Kier alpha value is -0.780.